The molecular formula is C19H16O2. The molecule has 0 atom stereocenters. The van der Waals surface area contributed by atoms with E-state index < -0.39 is 0 Å². The van der Waals surface area contributed by atoms with Crippen LogP contribution in [0.25, 0.3) is 16.8 Å². The van der Waals surface area contributed by atoms with E-state index in [1.165, 1.54) is 11.1 Å². The second kappa shape index (κ2) is 4.32. The minimum atomic E-state index is 0.0894. The van der Waals surface area contributed by atoms with Crippen molar-refractivity contribution < 1.29 is 9.53 Å². The standard InChI is InChI=1S/C19H16O2/c1-11-8-15-17(21-10-12(11)2)9-14-5-3-4-13-6-7-16(20)19(15)18(13)14/h3-7,9H,8,10H2,1-2H3. The van der Waals surface area contributed by atoms with Crippen molar-refractivity contribution >= 4 is 22.6 Å². The molecule has 1 aliphatic heterocycles. The molecule has 104 valence electrons. The number of ketones is 1. The molecule has 0 amide bonds. The molecule has 0 N–H and O–H groups in total. The minimum absolute atomic E-state index is 0.0894. The van der Waals surface area contributed by atoms with Gasteiger partial charge in [-0.2, -0.15) is 0 Å². The Labute approximate surface area is 123 Å². The Morgan fingerprint density at radius 1 is 1.10 bits per heavy atom. The SMILES string of the molecule is CC1=C(C)Cc2c(cc3cccc4c3c2C(=O)C=C4)OC1. The largest absolute Gasteiger partial charge is 0.489 e. The monoisotopic (exact) mass is 276 g/mol. The number of ether oxygens (including phenoxy) is 1. The Kier molecular flexibility index (Phi) is 2.55. The smallest absolute Gasteiger partial charge is 0.186 e. The van der Waals surface area contributed by atoms with Crippen LogP contribution in [0, 0.1) is 0 Å². The van der Waals surface area contributed by atoms with E-state index in [9.17, 15) is 4.79 Å². The highest BCUT2D eigenvalue weighted by Gasteiger charge is 2.24. The van der Waals surface area contributed by atoms with Gasteiger partial charge in [0.25, 0.3) is 0 Å². The molecule has 4 rings (SSSR count). The molecule has 1 aliphatic carbocycles. The lowest BCUT2D eigenvalue weighted by Crippen LogP contribution is -2.08. The summed E-state index contributed by atoms with van der Waals surface area (Å²) in [7, 11) is 0. The summed E-state index contributed by atoms with van der Waals surface area (Å²) in [4.78, 5) is 12.5. The molecule has 2 aromatic carbocycles. The topological polar surface area (TPSA) is 26.3 Å². The first-order chi connectivity index (χ1) is 10.1. The van der Waals surface area contributed by atoms with E-state index in [1.807, 2.05) is 12.1 Å². The molecule has 0 bridgehead atoms. The predicted molar refractivity (Wildman–Crippen MR) is 84.9 cm³/mol. The second-order valence-electron chi connectivity index (χ2n) is 5.90. The molecule has 2 nitrogen and oxygen atoms in total. The first-order valence-electron chi connectivity index (χ1n) is 7.24. The van der Waals surface area contributed by atoms with Gasteiger partial charge in [-0.25, -0.2) is 0 Å². The van der Waals surface area contributed by atoms with Crippen LogP contribution >= 0.6 is 0 Å². The van der Waals surface area contributed by atoms with Gasteiger partial charge in [-0.05, 0) is 48.9 Å². The molecule has 0 saturated carbocycles. The summed E-state index contributed by atoms with van der Waals surface area (Å²) in [5.41, 5.74) is 5.53. The fraction of sp³-hybridized carbons (Fsp3) is 0.211. The van der Waals surface area contributed by atoms with Crippen LogP contribution < -0.4 is 4.74 Å². The van der Waals surface area contributed by atoms with Crippen LogP contribution in [-0.2, 0) is 6.42 Å². The normalized spacial score (nSPS) is 16.8. The zero-order chi connectivity index (χ0) is 14.6. The van der Waals surface area contributed by atoms with Crippen molar-refractivity contribution in [3.63, 3.8) is 0 Å². The van der Waals surface area contributed by atoms with Gasteiger partial charge in [0, 0.05) is 16.5 Å². The summed E-state index contributed by atoms with van der Waals surface area (Å²) < 4.78 is 5.96. The summed E-state index contributed by atoms with van der Waals surface area (Å²) in [6.45, 7) is 4.83. The number of fused-ring (bicyclic) bond motifs is 2. The third kappa shape index (κ3) is 1.75. The fourth-order valence-electron chi connectivity index (χ4n) is 3.19. The van der Waals surface area contributed by atoms with Gasteiger partial charge in [0.2, 0.25) is 0 Å². The maximum absolute atomic E-state index is 12.5. The van der Waals surface area contributed by atoms with Crippen molar-refractivity contribution in [2.45, 2.75) is 20.3 Å². The van der Waals surface area contributed by atoms with E-state index in [0.29, 0.717) is 6.61 Å². The van der Waals surface area contributed by atoms with Crippen molar-refractivity contribution in [2.75, 3.05) is 6.61 Å². The van der Waals surface area contributed by atoms with Crippen molar-refractivity contribution in [3.8, 4) is 5.75 Å². The second-order valence-corrected chi connectivity index (χ2v) is 5.90. The zero-order valence-electron chi connectivity index (χ0n) is 12.2. The number of allylic oxidation sites excluding steroid dienone is 2. The summed E-state index contributed by atoms with van der Waals surface area (Å²) in [5, 5.41) is 2.15. The van der Waals surface area contributed by atoms with Crippen LogP contribution in [-0.4, -0.2) is 12.4 Å². The first kappa shape index (κ1) is 12.4. The number of hydrogen-bond donors (Lipinski definition) is 0. The highest BCUT2D eigenvalue weighted by molar-refractivity contribution is 6.21. The van der Waals surface area contributed by atoms with E-state index in [1.54, 1.807) is 6.08 Å². The lowest BCUT2D eigenvalue weighted by molar-refractivity contribution is 0.104. The minimum Gasteiger partial charge on any atom is -0.489 e. The van der Waals surface area contributed by atoms with Gasteiger partial charge < -0.3 is 4.74 Å². The maximum Gasteiger partial charge on any atom is 0.186 e. The van der Waals surface area contributed by atoms with Crippen molar-refractivity contribution in [1.82, 2.24) is 0 Å². The Morgan fingerprint density at radius 2 is 1.95 bits per heavy atom. The molecule has 2 aromatic rings. The van der Waals surface area contributed by atoms with Crippen LogP contribution in [0.5, 0.6) is 5.75 Å². The van der Waals surface area contributed by atoms with E-state index in [0.717, 1.165) is 39.6 Å². The van der Waals surface area contributed by atoms with Crippen LogP contribution in [0.4, 0.5) is 0 Å². The molecule has 0 radical (unpaired) electrons. The molecular weight excluding hydrogens is 260 g/mol. The van der Waals surface area contributed by atoms with Gasteiger partial charge in [0.1, 0.15) is 12.4 Å². The molecule has 2 aliphatic rings. The maximum atomic E-state index is 12.5. The number of benzene rings is 2. The fourth-order valence-corrected chi connectivity index (χ4v) is 3.19. The van der Waals surface area contributed by atoms with Crippen molar-refractivity contribution in [3.05, 3.63) is 58.2 Å². The van der Waals surface area contributed by atoms with Crippen LogP contribution in [0.2, 0.25) is 0 Å². The Hall–Kier alpha value is -2.35. The van der Waals surface area contributed by atoms with Gasteiger partial charge in [-0.15, -0.1) is 0 Å². The molecule has 0 aromatic heterocycles. The zero-order valence-corrected chi connectivity index (χ0v) is 12.2. The van der Waals surface area contributed by atoms with Crippen molar-refractivity contribution in [2.24, 2.45) is 0 Å². The van der Waals surface area contributed by atoms with Gasteiger partial charge in [-0.3, -0.25) is 4.79 Å². The molecule has 21 heavy (non-hydrogen) atoms. The Bertz CT molecular complexity index is 853. The average Bonchev–Trinajstić information content (AvgIpc) is 2.62. The first-order valence-corrected chi connectivity index (χ1v) is 7.24. The number of carbonyl (C=O) groups is 1. The third-order valence-corrected chi connectivity index (χ3v) is 4.54. The Balaban J connectivity index is 2.11. The Morgan fingerprint density at radius 3 is 2.81 bits per heavy atom. The van der Waals surface area contributed by atoms with Crippen molar-refractivity contribution in [1.29, 1.82) is 0 Å². The molecule has 2 heteroatoms. The van der Waals surface area contributed by atoms with Crippen LogP contribution in [0.3, 0.4) is 0 Å². The molecule has 1 heterocycles. The highest BCUT2D eigenvalue weighted by Crippen LogP contribution is 2.39. The van der Waals surface area contributed by atoms with Crippen LogP contribution in [0.15, 0.2) is 41.5 Å². The summed E-state index contributed by atoms with van der Waals surface area (Å²) >= 11 is 0. The summed E-state index contributed by atoms with van der Waals surface area (Å²) in [6, 6.07) is 8.22. The van der Waals surface area contributed by atoms with E-state index in [4.69, 9.17) is 4.74 Å². The van der Waals surface area contributed by atoms with E-state index in [2.05, 4.69) is 32.0 Å². The molecule has 0 spiro atoms. The van der Waals surface area contributed by atoms with Gasteiger partial charge in [0.05, 0.1) is 0 Å². The van der Waals surface area contributed by atoms with Gasteiger partial charge >= 0.3 is 0 Å². The lowest BCUT2D eigenvalue weighted by atomic mass is 9.86. The number of rotatable bonds is 0. The predicted octanol–water partition coefficient (Wildman–Crippen LogP) is 4.32. The lowest BCUT2D eigenvalue weighted by Gasteiger charge is -2.18. The van der Waals surface area contributed by atoms with Gasteiger partial charge in [0.15, 0.2) is 5.78 Å². The molecule has 0 unspecified atom stereocenters. The van der Waals surface area contributed by atoms with Crippen LogP contribution in [0.1, 0.15) is 35.3 Å². The number of carbonyl (C=O) groups excluding carboxylic acids is 1. The summed E-state index contributed by atoms with van der Waals surface area (Å²) in [6.07, 6.45) is 4.38. The third-order valence-electron chi connectivity index (χ3n) is 4.54. The molecule has 0 fully saturated rings. The number of hydrogen-bond acceptors (Lipinski definition) is 2. The van der Waals surface area contributed by atoms with E-state index in [-0.39, 0.29) is 5.78 Å². The van der Waals surface area contributed by atoms with E-state index >= 15 is 0 Å². The quantitative estimate of drug-likeness (QED) is 0.670. The van der Waals surface area contributed by atoms with Gasteiger partial charge in [-0.1, -0.05) is 29.8 Å². The highest BCUT2D eigenvalue weighted by atomic mass is 16.5. The average molecular weight is 276 g/mol. The molecule has 0 saturated heterocycles. The summed E-state index contributed by atoms with van der Waals surface area (Å²) in [5.74, 6) is 0.945.